The lowest BCUT2D eigenvalue weighted by molar-refractivity contribution is 0.598. The van der Waals surface area contributed by atoms with Crippen LogP contribution in [0.15, 0.2) is 78.0 Å². The van der Waals surface area contributed by atoms with Crippen LogP contribution in [-0.4, -0.2) is 18.0 Å². The summed E-state index contributed by atoms with van der Waals surface area (Å²) >= 11 is 0. The van der Waals surface area contributed by atoms with Gasteiger partial charge in [-0.05, 0) is 41.3 Å². The van der Waals surface area contributed by atoms with Crippen molar-refractivity contribution in [2.75, 3.05) is 0 Å². The molecule has 5 nitrogen and oxygen atoms in total. The average Bonchev–Trinajstić information content (AvgIpc) is 3.10. The van der Waals surface area contributed by atoms with E-state index in [4.69, 9.17) is 5.14 Å². The summed E-state index contributed by atoms with van der Waals surface area (Å²) in [4.78, 5) is 0.0980. The molecule has 2 aromatic carbocycles. The van der Waals surface area contributed by atoms with Crippen molar-refractivity contribution in [2.24, 2.45) is 5.14 Å². The molecule has 0 aliphatic rings. The van der Waals surface area contributed by atoms with Gasteiger partial charge in [-0.25, -0.2) is 18.1 Å². The van der Waals surface area contributed by atoms with Crippen LogP contribution in [0.1, 0.15) is 12.5 Å². The standard InChI is InChI=1S/C21H19N3O2S/c1-2-15-4-3-5-17(12-15)18-8-11-21-20(13-23-24(21)14-18)16-6-9-19(10-7-16)27(22,25)26/h3-14H,2H2,1H3,(H2,22,25,26). The van der Waals surface area contributed by atoms with Gasteiger partial charge in [-0.15, -0.1) is 0 Å². The van der Waals surface area contributed by atoms with E-state index in [0.29, 0.717) is 0 Å². The second-order valence-electron chi connectivity index (χ2n) is 6.43. The molecule has 27 heavy (non-hydrogen) atoms. The predicted molar refractivity (Wildman–Crippen MR) is 107 cm³/mol. The molecule has 0 unspecified atom stereocenters. The highest BCUT2D eigenvalue weighted by molar-refractivity contribution is 7.89. The molecule has 0 radical (unpaired) electrons. The van der Waals surface area contributed by atoms with Crippen LogP contribution in [0.2, 0.25) is 0 Å². The minimum Gasteiger partial charge on any atom is -0.240 e. The number of sulfonamides is 1. The summed E-state index contributed by atoms with van der Waals surface area (Å²) in [6.45, 7) is 2.14. The Balaban J connectivity index is 1.74. The molecule has 0 atom stereocenters. The Kier molecular flexibility index (Phi) is 4.30. The molecule has 0 saturated carbocycles. The minimum atomic E-state index is -3.69. The number of hydrogen-bond acceptors (Lipinski definition) is 3. The molecule has 0 aliphatic carbocycles. The van der Waals surface area contributed by atoms with E-state index in [1.807, 2.05) is 16.8 Å². The smallest absolute Gasteiger partial charge is 0.238 e. The van der Waals surface area contributed by atoms with Gasteiger partial charge >= 0.3 is 0 Å². The molecule has 2 aromatic heterocycles. The molecule has 6 heteroatoms. The van der Waals surface area contributed by atoms with Gasteiger partial charge in [0, 0.05) is 17.3 Å². The van der Waals surface area contributed by atoms with Crippen molar-refractivity contribution >= 4 is 15.5 Å². The summed E-state index contributed by atoms with van der Waals surface area (Å²) < 4.78 is 24.7. The number of benzene rings is 2. The fourth-order valence-corrected chi connectivity index (χ4v) is 3.69. The highest BCUT2D eigenvalue weighted by atomic mass is 32.2. The number of aromatic nitrogens is 2. The zero-order valence-corrected chi connectivity index (χ0v) is 15.6. The SMILES string of the molecule is CCc1cccc(-c2ccc3c(-c4ccc(S(N)(=O)=O)cc4)cnn3c2)c1. The van der Waals surface area contributed by atoms with Crippen LogP contribution < -0.4 is 5.14 Å². The molecule has 2 heterocycles. The Hall–Kier alpha value is -2.96. The highest BCUT2D eigenvalue weighted by Crippen LogP contribution is 2.28. The molecular formula is C21H19N3O2S. The Morgan fingerprint density at radius 1 is 0.963 bits per heavy atom. The number of rotatable bonds is 4. The van der Waals surface area contributed by atoms with Crippen LogP contribution in [-0.2, 0) is 16.4 Å². The summed E-state index contributed by atoms with van der Waals surface area (Å²) in [5.74, 6) is 0. The number of nitrogens with zero attached hydrogens (tertiary/aromatic N) is 2. The Morgan fingerprint density at radius 3 is 2.41 bits per heavy atom. The second-order valence-corrected chi connectivity index (χ2v) is 7.99. The maximum absolute atomic E-state index is 11.4. The third-order valence-electron chi connectivity index (χ3n) is 4.68. The van der Waals surface area contributed by atoms with Gasteiger partial charge < -0.3 is 0 Å². The first-order chi connectivity index (χ1) is 13.0. The normalized spacial score (nSPS) is 11.8. The summed E-state index contributed by atoms with van der Waals surface area (Å²) in [6.07, 6.45) is 4.79. The first-order valence-corrected chi connectivity index (χ1v) is 10.2. The van der Waals surface area contributed by atoms with Crippen molar-refractivity contribution in [2.45, 2.75) is 18.2 Å². The molecule has 0 fully saturated rings. The Labute approximate surface area is 158 Å². The van der Waals surface area contributed by atoms with Crippen molar-refractivity contribution in [1.29, 1.82) is 0 Å². The van der Waals surface area contributed by atoms with Gasteiger partial charge in [0.05, 0.1) is 16.6 Å². The van der Waals surface area contributed by atoms with Crippen molar-refractivity contribution in [3.63, 3.8) is 0 Å². The highest BCUT2D eigenvalue weighted by Gasteiger charge is 2.11. The summed E-state index contributed by atoms with van der Waals surface area (Å²) in [5, 5.41) is 9.63. The number of fused-ring (bicyclic) bond motifs is 1. The van der Waals surface area contributed by atoms with Crippen LogP contribution in [0.25, 0.3) is 27.8 Å². The number of pyridine rings is 1. The monoisotopic (exact) mass is 377 g/mol. The van der Waals surface area contributed by atoms with Crippen molar-refractivity contribution in [3.05, 3.63) is 78.6 Å². The summed E-state index contributed by atoms with van der Waals surface area (Å²) in [7, 11) is -3.69. The molecule has 2 N–H and O–H groups in total. The van der Waals surface area contributed by atoms with E-state index in [9.17, 15) is 8.42 Å². The van der Waals surface area contributed by atoms with Crippen LogP contribution in [0, 0.1) is 0 Å². The summed E-state index contributed by atoms with van der Waals surface area (Å²) in [6, 6.07) is 19.1. The van der Waals surface area contributed by atoms with Gasteiger partial charge in [0.15, 0.2) is 0 Å². The third-order valence-corrected chi connectivity index (χ3v) is 5.61. The van der Waals surface area contributed by atoms with Crippen molar-refractivity contribution < 1.29 is 8.42 Å². The topological polar surface area (TPSA) is 77.5 Å². The molecule has 0 bridgehead atoms. The van der Waals surface area contributed by atoms with Gasteiger partial charge in [-0.3, -0.25) is 0 Å². The van der Waals surface area contributed by atoms with Crippen molar-refractivity contribution in [3.8, 4) is 22.3 Å². The first-order valence-electron chi connectivity index (χ1n) is 8.65. The number of aryl methyl sites for hydroxylation is 1. The van der Waals surface area contributed by atoms with Gasteiger partial charge in [-0.1, -0.05) is 49.4 Å². The maximum Gasteiger partial charge on any atom is 0.238 e. The van der Waals surface area contributed by atoms with E-state index in [-0.39, 0.29) is 4.90 Å². The van der Waals surface area contributed by atoms with E-state index in [2.05, 4.69) is 42.4 Å². The van der Waals surface area contributed by atoms with E-state index < -0.39 is 10.0 Å². The van der Waals surface area contributed by atoms with Gasteiger partial charge in [0.25, 0.3) is 0 Å². The predicted octanol–water partition coefficient (Wildman–Crippen LogP) is 3.88. The quantitative estimate of drug-likeness (QED) is 0.586. The molecule has 136 valence electrons. The molecule has 4 aromatic rings. The molecular weight excluding hydrogens is 358 g/mol. The van der Waals surface area contributed by atoms with Crippen molar-refractivity contribution in [1.82, 2.24) is 9.61 Å². The molecule has 0 amide bonds. The van der Waals surface area contributed by atoms with E-state index in [0.717, 1.165) is 34.2 Å². The van der Waals surface area contributed by atoms with Gasteiger partial charge in [0.2, 0.25) is 10.0 Å². The fraction of sp³-hybridized carbons (Fsp3) is 0.0952. The Morgan fingerprint density at radius 2 is 1.70 bits per heavy atom. The van der Waals surface area contributed by atoms with Gasteiger partial charge in [-0.2, -0.15) is 5.10 Å². The van der Waals surface area contributed by atoms with Crippen LogP contribution in [0.4, 0.5) is 0 Å². The molecule has 4 rings (SSSR count). The number of nitrogens with two attached hydrogens (primary N) is 1. The summed E-state index contributed by atoms with van der Waals surface area (Å²) in [5.41, 5.74) is 6.32. The van der Waals surface area contributed by atoms with Crippen LogP contribution in [0.3, 0.4) is 0 Å². The second kappa shape index (κ2) is 6.64. The van der Waals surface area contributed by atoms with E-state index in [1.165, 1.54) is 17.7 Å². The lowest BCUT2D eigenvalue weighted by atomic mass is 10.0. The molecule has 0 saturated heterocycles. The van der Waals surface area contributed by atoms with Gasteiger partial charge in [0.1, 0.15) is 0 Å². The lowest BCUT2D eigenvalue weighted by Crippen LogP contribution is -2.11. The number of primary sulfonamides is 1. The fourth-order valence-electron chi connectivity index (χ4n) is 3.17. The van der Waals surface area contributed by atoms with Crippen LogP contribution >= 0.6 is 0 Å². The average molecular weight is 377 g/mol. The maximum atomic E-state index is 11.4. The molecule has 0 aliphatic heterocycles. The first kappa shape index (κ1) is 17.5. The zero-order chi connectivity index (χ0) is 19.0. The Bertz CT molecular complexity index is 1230. The lowest BCUT2D eigenvalue weighted by Gasteiger charge is -2.06. The largest absolute Gasteiger partial charge is 0.240 e. The zero-order valence-electron chi connectivity index (χ0n) is 14.8. The van der Waals surface area contributed by atoms with E-state index >= 15 is 0 Å². The number of hydrogen-bond donors (Lipinski definition) is 1. The minimum absolute atomic E-state index is 0.0980. The van der Waals surface area contributed by atoms with Crippen LogP contribution in [0.5, 0.6) is 0 Å². The van der Waals surface area contributed by atoms with E-state index in [1.54, 1.807) is 18.3 Å². The third kappa shape index (κ3) is 3.37. The molecule has 0 spiro atoms.